The molecule has 150 valence electrons. The summed E-state index contributed by atoms with van der Waals surface area (Å²) in [6, 6.07) is 16.1. The van der Waals surface area contributed by atoms with Gasteiger partial charge in [-0.1, -0.05) is 23.7 Å². The fourth-order valence-electron chi connectivity index (χ4n) is 3.45. The highest BCUT2D eigenvalue weighted by Crippen LogP contribution is 2.26. The van der Waals surface area contributed by atoms with Gasteiger partial charge in [-0.25, -0.2) is 4.98 Å². The van der Waals surface area contributed by atoms with Gasteiger partial charge >= 0.3 is 0 Å². The van der Waals surface area contributed by atoms with E-state index in [9.17, 15) is 4.79 Å². The predicted molar refractivity (Wildman–Crippen MR) is 121 cm³/mol. The molecule has 3 aromatic rings. The third-order valence-electron chi connectivity index (χ3n) is 5.21. The molecule has 2 heterocycles. The van der Waals surface area contributed by atoms with Gasteiger partial charge in [-0.05, 0) is 56.9 Å². The lowest BCUT2D eigenvalue weighted by atomic mass is 10.2. The molecule has 0 bridgehead atoms. The molecule has 0 saturated carbocycles. The molecule has 2 aromatic carbocycles. The fraction of sp³-hybridized carbons (Fsp3) is 0.273. The highest BCUT2D eigenvalue weighted by atomic mass is 35.5. The number of likely N-dealkylation sites (N-methyl/N-ethyl adjacent to an activating group) is 1. The molecule has 5 nitrogen and oxygen atoms in total. The SMILES string of the molecule is CN(C)C1CCN(c2ccc(NC(=O)c3csc(-c4ccc(Cl)cc4)n3)cc2)C1. The van der Waals surface area contributed by atoms with Gasteiger partial charge in [0, 0.05) is 46.5 Å². The van der Waals surface area contributed by atoms with Gasteiger partial charge in [0.05, 0.1) is 0 Å². The maximum atomic E-state index is 12.6. The van der Waals surface area contributed by atoms with Crippen LogP contribution in [0.25, 0.3) is 10.6 Å². The molecule has 1 saturated heterocycles. The average molecular weight is 427 g/mol. The number of rotatable bonds is 5. The fourth-order valence-corrected chi connectivity index (χ4v) is 4.38. The molecular formula is C22H23ClN4OS. The number of halogens is 1. The molecule has 0 spiro atoms. The summed E-state index contributed by atoms with van der Waals surface area (Å²) in [6.45, 7) is 2.09. The van der Waals surface area contributed by atoms with E-state index in [1.54, 1.807) is 5.38 Å². The second-order valence-corrected chi connectivity index (χ2v) is 8.69. The molecule has 29 heavy (non-hydrogen) atoms. The monoisotopic (exact) mass is 426 g/mol. The van der Waals surface area contributed by atoms with Gasteiger partial charge in [-0.2, -0.15) is 0 Å². The van der Waals surface area contributed by atoms with E-state index in [0.29, 0.717) is 16.8 Å². The van der Waals surface area contributed by atoms with Crippen molar-refractivity contribution < 1.29 is 4.79 Å². The maximum Gasteiger partial charge on any atom is 0.275 e. The Labute approximate surface area is 179 Å². The van der Waals surface area contributed by atoms with Crippen molar-refractivity contribution in [1.29, 1.82) is 0 Å². The summed E-state index contributed by atoms with van der Waals surface area (Å²) < 4.78 is 0. The smallest absolute Gasteiger partial charge is 0.275 e. The van der Waals surface area contributed by atoms with Crippen LogP contribution in [0.2, 0.25) is 5.02 Å². The lowest BCUT2D eigenvalue weighted by molar-refractivity contribution is 0.102. The normalized spacial score (nSPS) is 16.4. The summed E-state index contributed by atoms with van der Waals surface area (Å²) in [7, 11) is 4.26. The van der Waals surface area contributed by atoms with Crippen LogP contribution in [0, 0.1) is 0 Å². The number of thiazole rings is 1. The molecule has 1 N–H and O–H groups in total. The first kappa shape index (κ1) is 19.9. The number of carbonyl (C=O) groups excluding carboxylic acids is 1. The lowest BCUT2D eigenvalue weighted by Crippen LogP contribution is -2.31. The van der Waals surface area contributed by atoms with Crippen molar-refractivity contribution in [3.63, 3.8) is 0 Å². The van der Waals surface area contributed by atoms with Gasteiger partial charge in [0.15, 0.2) is 0 Å². The van der Waals surface area contributed by atoms with E-state index in [2.05, 4.69) is 46.3 Å². The molecule has 1 atom stereocenters. The minimum atomic E-state index is -0.206. The van der Waals surface area contributed by atoms with E-state index in [4.69, 9.17) is 11.6 Å². The minimum Gasteiger partial charge on any atom is -0.370 e. The standard InChI is InChI=1S/C22H23ClN4OS/c1-26(2)19-11-12-27(13-19)18-9-7-17(8-10-18)24-21(28)20-14-29-22(25-20)15-3-5-16(23)6-4-15/h3-10,14,19H,11-13H2,1-2H3,(H,24,28). The van der Waals surface area contributed by atoms with E-state index < -0.39 is 0 Å². The van der Waals surface area contributed by atoms with Crippen molar-refractivity contribution in [3.05, 3.63) is 64.6 Å². The molecule has 7 heteroatoms. The molecule has 1 unspecified atom stereocenters. The molecule has 0 radical (unpaired) electrons. The van der Waals surface area contributed by atoms with Crippen LogP contribution in [0.3, 0.4) is 0 Å². The zero-order valence-electron chi connectivity index (χ0n) is 16.4. The number of hydrogen-bond acceptors (Lipinski definition) is 5. The molecule has 1 aromatic heterocycles. The van der Waals surface area contributed by atoms with Crippen LogP contribution in [0.4, 0.5) is 11.4 Å². The van der Waals surface area contributed by atoms with E-state index in [-0.39, 0.29) is 5.91 Å². The minimum absolute atomic E-state index is 0.206. The number of nitrogens with zero attached hydrogens (tertiary/aromatic N) is 3. The van der Waals surface area contributed by atoms with Gasteiger partial charge < -0.3 is 15.1 Å². The van der Waals surface area contributed by atoms with Gasteiger partial charge in [0.2, 0.25) is 0 Å². The van der Waals surface area contributed by atoms with Gasteiger partial charge in [-0.3, -0.25) is 4.79 Å². The average Bonchev–Trinajstić information content (AvgIpc) is 3.39. The number of hydrogen-bond donors (Lipinski definition) is 1. The van der Waals surface area contributed by atoms with E-state index in [1.165, 1.54) is 23.4 Å². The number of anilines is 2. The number of aromatic nitrogens is 1. The third kappa shape index (κ3) is 4.61. The first-order chi connectivity index (χ1) is 14.0. The number of benzene rings is 2. The summed E-state index contributed by atoms with van der Waals surface area (Å²) in [5.41, 5.74) is 3.32. The summed E-state index contributed by atoms with van der Waals surface area (Å²) in [6.07, 6.45) is 1.17. The van der Waals surface area contributed by atoms with Crippen molar-refractivity contribution in [2.24, 2.45) is 0 Å². The zero-order chi connectivity index (χ0) is 20.4. The molecule has 1 fully saturated rings. The summed E-state index contributed by atoms with van der Waals surface area (Å²) in [4.78, 5) is 21.7. The van der Waals surface area contributed by atoms with Gasteiger partial charge in [0.25, 0.3) is 5.91 Å². The zero-order valence-corrected chi connectivity index (χ0v) is 18.0. The van der Waals surface area contributed by atoms with Crippen molar-refractivity contribution in [1.82, 2.24) is 9.88 Å². The second kappa shape index (κ2) is 8.53. The Hall–Kier alpha value is -2.41. The van der Waals surface area contributed by atoms with Crippen molar-refractivity contribution in [3.8, 4) is 10.6 Å². The first-order valence-corrected chi connectivity index (χ1v) is 10.8. The number of carbonyl (C=O) groups is 1. The number of nitrogens with one attached hydrogen (secondary N) is 1. The van der Waals surface area contributed by atoms with Crippen molar-refractivity contribution >= 4 is 40.2 Å². The molecule has 1 amide bonds. The first-order valence-electron chi connectivity index (χ1n) is 9.54. The molecule has 1 aliphatic rings. The second-order valence-electron chi connectivity index (χ2n) is 7.40. The lowest BCUT2D eigenvalue weighted by Gasteiger charge is -2.22. The molecule has 1 aliphatic heterocycles. The summed E-state index contributed by atoms with van der Waals surface area (Å²) >= 11 is 7.38. The Balaban J connectivity index is 1.39. The van der Waals surface area contributed by atoms with Crippen LogP contribution in [0.1, 0.15) is 16.9 Å². The van der Waals surface area contributed by atoms with Crippen LogP contribution < -0.4 is 10.2 Å². The quantitative estimate of drug-likeness (QED) is 0.633. The van der Waals surface area contributed by atoms with E-state index in [0.717, 1.165) is 29.3 Å². The van der Waals surface area contributed by atoms with Gasteiger partial charge in [0.1, 0.15) is 10.7 Å². The summed E-state index contributed by atoms with van der Waals surface area (Å²) in [5.74, 6) is -0.206. The summed E-state index contributed by atoms with van der Waals surface area (Å²) in [5, 5.41) is 6.19. The Kier molecular flexibility index (Phi) is 5.85. The predicted octanol–water partition coefficient (Wildman–Crippen LogP) is 4.86. The van der Waals surface area contributed by atoms with Crippen LogP contribution in [-0.2, 0) is 0 Å². The van der Waals surface area contributed by atoms with Crippen LogP contribution in [0.5, 0.6) is 0 Å². The Bertz CT molecular complexity index is 985. The largest absolute Gasteiger partial charge is 0.370 e. The Morgan fingerprint density at radius 2 is 1.90 bits per heavy atom. The Morgan fingerprint density at radius 1 is 1.17 bits per heavy atom. The maximum absolute atomic E-state index is 12.6. The van der Waals surface area contributed by atoms with Gasteiger partial charge in [-0.15, -0.1) is 11.3 Å². The van der Waals surface area contributed by atoms with Crippen LogP contribution in [0.15, 0.2) is 53.9 Å². The topological polar surface area (TPSA) is 48.5 Å². The third-order valence-corrected chi connectivity index (χ3v) is 6.36. The van der Waals surface area contributed by atoms with Crippen LogP contribution >= 0.6 is 22.9 Å². The van der Waals surface area contributed by atoms with Crippen molar-refractivity contribution in [2.75, 3.05) is 37.4 Å². The molecule has 0 aliphatic carbocycles. The molecule has 4 rings (SSSR count). The Morgan fingerprint density at radius 3 is 2.55 bits per heavy atom. The highest BCUT2D eigenvalue weighted by molar-refractivity contribution is 7.13. The van der Waals surface area contributed by atoms with Crippen molar-refractivity contribution in [2.45, 2.75) is 12.5 Å². The van der Waals surface area contributed by atoms with E-state index >= 15 is 0 Å². The van der Waals surface area contributed by atoms with Crippen LogP contribution in [-0.4, -0.2) is 49.0 Å². The number of amides is 1. The van der Waals surface area contributed by atoms with E-state index in [1.807, 2.05) is 36.4 Å². The molecular weight excluding hydrogens is 404 g/mol. The highest BCUT2D eigenvalue weighted by Gasteiger charge is 2.24.